The molecule has 0 saturated carbocycles. The number of halogens is 1. The van der Waals surface area contributed by atoms with Gasteiger partial charge in [-0.25, -0.2) is 8.42 Å². The third-order valence-corrected chi connectivity index (χ3v) is 8.24. The second-order valence-electron chi connectivity index (χ2n) is 8.14. The standard InChI is InChI=1S/C21H29ClN6O3S/c1-3-27-16-17(21(29)26-10-8-24(2)9-11-26)20(23-27)32(30,31)28-14-12-25(13-15-28)19-7-5-4-6-18(19)22/h4-7,16H,3,8-15H2,1-2H3. The Morgan fingerprint density at radius 2 is 1.69 bits per heavy atom. The summed E-state index contributed by atoms with van der Waals surface area (Å²) >= 11 is 6.31. The Labute approximate surface area is 194 Å². The maximum atomic E-state index is 13.5. The Kier molecular flexibility index (Phi) is 6.75. The Hall–Kier alpha value is -2.14. The maximum Gasteiger partial charge on any atom is 0.263 e. The zero-order valence-electron chi connectivity index (χ0n) is 18.4. The summed E-state index contributed by atoms with van der Waals surface area (Å²) in [6, 6.07) is 7.54. The summed E-state index contributed by atoms with van der Waals surface area (Å²) in [7, 11) is -1.90. The minimum Gasteiger partial charge on any atom is -0.368 e. The summed E-state index contributed by atoms with van der Waals surface area (Å²) in [6.45, 7) is 6.65. The number of hydrogen-bond donors (Lipinski definition) is 0. The lowest BCUT2D eigenvalue weighted by molar-refractivity contribution is 0.0660. The zero-order chi connectivity index (χ0) is 22.9. The predicted molar refractivity (Wildman–Crippen MR) is 124 cm³/mol. The molecule has 2 aliphatic rings. The summed E-state index contributed by atoms with van der Waals surface area (Å²) < 4.78 is 30.0. The second-order valence-corrected chi connectivity index (χ2v) is 10.4. The number of aryl methyl sites for hydroxylation is 1. The molecule has 0 N–H and O–H groups in total. The van der Waals surface area contributed by atoms with Gasteiger partial charge in [-0.1, -0.05) is 23.7 Å². The lowest BCUT2D eigenvalue weighted by atomic mass is 10.2. The highest BCUT2D eigenvalue weighted by Gasteiger charge is 2.36. The molecule has 2 saturated heterocycles. The molecular weight excluding hydrogens is 452 g/mol. The van der Waals surface area contributed by atoms with Gasteiger partial charge in [0, 0.05) is 65.1 Å². The first kappa shape index (κ1) is 23.0. The van der Waals surface area contributed by atoms with Crippen molar-refractivity contribution >= 4 is 33.2 Å². The smallest absolute Gasteiger partial charge is 0.263 e. The monoisotopic (exact) mass is 480 g/mol. The predicted octanol–water partition coefficient (Wildman–Crippen LogP) is 1.45. The molecule has 32 heavy (non-hydrogen) atoms. The van der Waals surface area contributed by atoms with Gasteiger partial charge in [0.15, 0.2) is 0 Å². The van der Waals surface area contributed by atoms with Crippen LogP contribution in [0.15, 0.2) is 35.5 Å². The number of nitrogens with zero attached hydrogens (tertiary/aromatic N) is 6. The van der Waals surface area contributed by atoms with E-state index in [-0.39, 0.29) is 16.5 Å². The molecule has 0 aliphatic carbocycles. The van der Waals surface area contributed by atoms with Crippen LogP contribution in [-0.2, 0) is 16.6 Å². The van der Waals surface area contributed by atoms with Crippen LogP contribution in [0.2, 0.25) is 5.02 Å². The van der Waals surface area contributed by atoms with E-state index in [2.05, 4.69) is 14.9 Å². The zero-order valence-corrected chi connectivity index (χ0v) is 20.0. The van der Waals surface area contributed by atoms with Gasteiger partial charge in [-0.05, 0) is 26.1 Å². The van der Waals surface area contributed by atoms with E-state index < -0.39 is 10.0 Å². The van der Waals surface area contributed by atoms with Crippen molar-refractivity contribution in [1.29, 1.82) is 0 Å². The average Bonchev–Trinajstić information content (AvgIpc) is 3.25. The number of carbonyl (C=O) groups excluding carboxylic acids is 1. The Bertz CT molecular complexity index is 1070. The lowest BCUT2D eigenvalue weighted by Gasteiger charge is -2.35. The molecule has 0 atom stereocenters. The van der Waals surface area contributed by atoms with Crippen LogP contribution in [0.5, 0.6) is 0 Å². The number of piperazine rings is 2. The van der Waals surface area contributed by atoms with Gasteiger partial charge in [0.1, 0.15) is 0 Å². The largest absolute Gasteiger partial charge is 0.368 e. The molecule has 0 spiro atoms. The molecule has 4 rings (SSSR count). The van der Waals surface area contributed by atoms with Crippen molar-refractivity contribution in [2.75, 3.05) is 64.3 Å². The maximum absolute atomic E-state index is 13.5. The molecule has 2 aliphatic heterocycles. The van der Waals surface area contributed by atoms with Crippen molar-refractivity contribution in [1.82, 2.24) is 23.9 Å². The number of anilines is 1. The van der Waals surface area contributed by atoms with Crippen LogP contribution in [-0.4, -0.2) is 97.6 Å². The molecule has 11 heteroatoms. The number of rotatable bonds is 5. The minimum atomic E-state index is -3.91. The number of para-hydroxylation sites is 1. The molecule has 3 heterocycles. The Morgan fingerprint density at radius 3 is 2.31 bits per heavy atom. The summed E-state index contributed by atoms with van der Waals surface area (Å²) in [6.07, 6.45) is 1.56. The average molecular weight is 481 g/mol. The fourth-order valence-electron chi connectivity index (χ4n) is 4.08. The van der Waals surface area contributed by atoms with Crippen molar-refractivity contribution in [3.05, 3.63) is 41.0 Å². The van der Waals surface area contributed by atoms with E-state index in [0.717, 1.165) is 18.8 Å². The molecule has 2 fully saturated rings. The molecule has 1 aromatic carbocycles. The van der Waals surface area contributed by atoms with Crippen LogP contribution in [0.4, 0.5) is 5.69 Å². The van der Waals surface area contributed by atoms with Gasteiger partial charge >= 0.3 is 0 Å². The third kappa shape index (κ3) is 4.50. The van der Waals surface area contributed by atoms with E-state index in [1.165, 1.54) is 8.99 Å². The van der Waals surface area contributed by atoms with Crippen molar-refractivity contribution in [2.24, 2.45) is 0 Å². The van der Waals surface area contributed by atoms with Crippen LogP contribution in [0.3, 0.4) is 0 Å². The number of aromatic nitrogens is 2. The highest BCUT2D eigenvalue weighted by Crippen LogP contribution is 2.28. The number of amides is 1. The van der Waals surface area contributed by atoms with Crippen molar-refractivity contribution in [2.45, 2.75) is 18.5 Å². The van der Waals surface area contributed by atoms with Gasteiger partial charge in [0.25, 0.3) is 15.9 Å². The number of carbonyl (C=O) groups is 1. The SMILES string of the molecule is CCn1cc(C(=O)N2CCN(C)CC2)c(S(=O)(=O)N2CCN(c3ccccc3Cl)CC2)n1. The van der Waals surface area contributed by atoms with Crippen LogP contribution >= 0.6 is 11.6 Å². The van der Waals surface area contributed by atoms with E-state index >= 15 is 0 Å². The van der Waals surface area contributed by atoms with E-state index in [1.807, 2.05) is 38.2 Å². The quantitative estimate of drug-likeness (QED) is 0.644. The molecular formula is C21H29ClN6O3S. The first-order valence-corrected chi connectivity index (χ1v) is 12.7. The van der Waals surface area contributed by atoms with Crippen LogP contribution in [0.25, 0.3) is 0 Å². The molecule has 1 aromatic heterocycles. The van der Waals surface area contributed by atoms with Gasteiger partial charge in [0.2, 0.25) is 5.03 Å². The Morgan fingerprint density at radius 1 is 1.03 bits per heavy atom. The Balaban J connectivity index is 1.54. The summed E-state index contributed by atoms with van der Waals surface area (Å²) in [5.74, 6) is -0.272. The van der Waals surface area contributed by atoms with Crippen LogP contribution in [0.1, 0.15) is 17.3 Å². The van der Waals surface area contributed by atoms with Gasteiger partial charge in [-0.15, -0.1) is 0 Å². The first-order valence-electron chi connectivity index (χ1n) is 10.9. The number of sulfonamides is 1. The number of hydrogen-bond acceptors (Lipinski definition) is 6. The number of benzene rings is 1. The van der Waals surface area contributed by atoms with Crippen LogP contribution < -0.4 is 4.90 Å². The molecule has 0 bridgehead atoms. The summed E-state index contributed by atoms with van der Waals surface area (Å²) in [5, 5.41) is 4.79. The van der Waals surface area contributed by atoms with E-state index in [9.17, 15) is 13.2 Å². The molecule has 0 unspecified atom stereocenters. The minimum absolute atomic E-state index is 0.144. The van der Waals surface area contributed by atoms with E-state index in [4.69, 9.17) is 11.6 Å². The highest BCUT2D eigenvalue weighted by molar-refractivity contribution is 7.89. The molecule has 2 aromatic rings. The van der Waals surface area contributed by atoms with Crippen molar-refractivity contribution in [3.63, 3.8) is 0 Å². The van der Waals surface area contributed by atoms with Crippen molar-refractivity contribution in [3.8, 4) is 0 Å². The second kappa shape index (κ2) is 9.38. The third-order valence-electron chi connectivity index (χ3n) is 6.09. The highest BCUT2D eigenvalue weighted by atomic mass is 35.5. The van der Waals surface area contributed by atoms with Crippen LogP contribution in [0, 0.1) is 0 Å². The first-order chi connectivity index (χ1) is 15.3. The van der Waals surface area contributed by atoms with Gasteiger partial charge < -0.3 is 14.7 Å². The van der Waals surface area contributed by atoms with Gasteiger partial charge in [-0.2, -0.15) is 9.40 Å². The van der Waals surface area contributed by atoms with Crippen molar-refractivity contribution < 1.29 is 13.2 Å². The van der Waals surface area contributed by atoms with E-state index in [1.54, 1.807) is 11.1 Å². The normalized spacial score (nSPS) is 18.8. The molecule has 1 amide bonds. The summed E-state index contributed by atoms with van der Waals surface area (Å²) in [4.78, 5) is 19.1. The number of likely N-dealkylation sites (N-methyl/N-ethyl adjacent to an activating group) is 1. The topological polar surface area (TPSA) is 82.0 Å². The summed E-state index contributed by atoms with van der Waals surface area (Å²) in [5.41, 5.74) is 1.05. The molecule has 9 nitrogen and oxygen atoms in total. The molecule has 174 valence electrons. The fourth-order valence-corrected chi connectivity index (χ4v) is 5.85. The van der Waals surface area contributed by atoms with Gasteiger partial charge in [0.05, 0.1) is 16.3 Å². The fraction of sp³-hybridized carbons (Fsp3) is 0.524. The van der Waals surface area contributed by atoms with Gasteiger partial charge in [-0.3, -0.25) is 9.48 Å². The van der Waals surface area contributed by atoms with E-state index in [0.29, 0.717) is 50.8 Å². The lowest BCUT2D eigenvalue weighted by Crippen LogP contribution is -2.49. The molecule has 0 radical (unpaired) electrons.